The SMILES string of the molecule is C1=C\CCCCCCN=N\N=C/1. The maximum Gasteiger partial charge on any atom is 0.0621 e. The van der Waals surface area contributed by atoms with Crippen molar-refractivity contribution in [3.8, 4) is 0 Å². The van der Waals surface area contributed by atoms with Crippen LogP contribution < -0.4 is 0 Å². The van der Waals surface area contributed by atoms with Crippen LogP contribution in [0.3, 0.4) is 0 Å². The molecular weight excluding hydrogens is 150 g/mol. The van der Waals surface area contributed by atoms with Crippen molar-refractivity contribution in [3.63, 3.8) is 0 Å². The van der Waals surface area contributed by atoms with Crippen LogP contribution >= 0.6 is 0 Å². The highest BCUT2D eigenvalue weighted by Gasteiger charge is 1.88. The monoisotopic (exact) mass is 165 g/mol. The lowest BCUT2D eigenvalue weighted by atomic mass is 10.1. The molecule has 0 unspecified atom stereocenters. The summed E-state index contributed by atoms with van der Waals surface area (Å²) in [5.74, 6) is 0. The molecule has 0 aromatic carbocycles. The smallest absolute Gasteiger partial charge is 0.0621 e. The Morgan fingerprint density at radius 2 is 1.92 bits per heavy atom. The molecule has 0 aromatic rings. The molecular formula is C9H15N3. The number of allylic oxidation sites excluding steroid dienone is 2. The molecule has 66 valence electrons. The van der Waals surface area contributed by atoms with Gasteiger partial charge in [0, 0.05) is 0 Å². The summed E-state index contributed by atoms with van der Waals surface area (Å²) >= 11 is 0. The molecule has 1 rings (SSSR count). The summed E-state index contributed by atoms with van der Waals surface area (Å²) in [5, 5.41) is 11.3. The van der Waals surface area contributed by atoms with E-state index < -0.39 is 0 Å². The van der Waals surface area contributed by atoms with Crippen LogP contribution in [0.4, 0.5) is 0 Å². The van der Waals surface area contributed by atoms with Crippen molar-refractivity contribution in [1.29, 1.82) is 0 Å². The fourth-order valence-electron chi connectivity index (χ4n) is 1.10. The molecule has 0 radical (unpaired) electrons. The highest BCUT2D eigenvalue weighted by molar-refractivity contribution is 5.70. The van der Waals surface area contributed by atoms with Crippen LogP contribution in [0.25, 0.3) is 0 Å². The van der Waals surface area contributed by atoms with Crippen LogP contribution in [0.2, 0.25) is 0 Å². The number of rotatable bonds is 0. The third-order valence-corrected chi connectivity index (χ3v) is 1.78. The van der Waals surface area contributed by atoms with Crippen molar-refractivity contribution < 1.29 is 0 Å². The average Bonchev–Trinajstić information content (AvgIpc) is 2.05. The second kappa shape index (κ2) is 6.70. The maximum atomic E-state index is 3.90. The normalized spacial score (nSPS) is 25.3. The molecule has 12 heavy (non-hydrogen) atoms. The Bertz CT molecular complexity index is 162. The summed E-state index contributed by atoms with van der Waals surface area (Å²) in [5.41, 5.74) is 0. The third kappa shape index (κ3) is 4.77. The average molecular weight is 165 g/mol. The fraction of sp³-hybridized carbons (Fsp3) is 0.667. The number of nitrogens with zero attached hydrogens (tertiary/aromatic N) is 3. The van der Waals surface area contributed by atoms with E-state index >= 15 is 0 Å². The Labute approximate surface area is 73.3 Å². The molecule has 0 bridgehead atoms. The van der Waals surface area contributed by atoms with Gasteiger partial charge < -0.3 is 0 Å². The van der Waals surface area contributed by atoms with E-state index in [4.69, 9.17) is 0 Å². The maximum absolute atomic E-state index is 3.90. The molecule has 0 spiro atoms. The summed E-state index contributed by atoms with van der Waals surface area (Å²) in [7, 11) is 0. The standard InChI is InChI=1S/C9H15N3/c1-2-4-6-8-10-12-11-9-7-5-3-1/h4,6,8H,1-3,5,7,9H2/b6-4-,10-8-,12-11?. The third-order valence-electron chi connectivity index (χ3n) is 1.78. The minimum atomic E-state index is 0.820. The Balaban J connectivity index is 2.32. The summed E-state index contributed by atoms with van der Waals surface area (Å²) in [4.78, 5) is 0. The highest BCUT2D eigenvalue weighted by Crippen LogP contribution is 2.04. The summed E-state index contributed by atoms with van der Waals surface area (Å²) < 4.78 is 0. The van der Waals surface area contributed by atoms with Gasteiger partial charge in [0.05, 0.1) is 12.8 Å². The Hall–Kier alpha value is -0.990. The molecule has 3 nitrogen and oxygen atoms in total. The predicted octanol–water partition coefficient (Wildman–Crippen LogP) is 2.94. The second-order valence-electron chi connectivity index (χ2n) is 2.85. The van der Waals surface area contributed by atoms with E-state index in [-0.39, 0.29) is 0 Å². The molecule has 1 heterocycles. The van der Waals surface area contributed by atoms with Crippen molar-refractivity contribution in [3.05, 3.63) is 12.2 Å². The first kappa shape index (κ1) is 9.10. The predicted molar refractivity (Wildman–Crippen MR) is 50.4 cm³/mol. The van der Waals surface area contributed by atoms with Crippen LogP contribution in [0, 0.1) is 0 Å². The quantitative estimate of drug-likeness (QED) is 0.529. The summed E-state index contributed by atoms with van der Waals surface area (Å²) in [6, 6.07) is 0. The van der Waals surface area contributed by atoms with Gasteiger partial charge in [0.2, 0.25) is 0 Å². The second-order valence-corrected chi connectivity index (χ2v) is 2.85. The molecule has 0 N–H and O–H groups in total. The van der Waals surface area contributed by atoms with Gasteiger partial charge in [-0.05, 0) is 30.6 Å². The zero-order valence-corrected chi connectivity index (χ0v) is 7.32. The Kier molecular flexibility index (Phi) is 5.08. The first-order chi connectivity index (χ1) is 6.00. The molecule has 1 aliphatic rings. The van der Waals surface area contributed by atoms with Crippen molar-refractivity contribution in [1.82, 2.24) is 0 Å². The van der Waals surface area contributed by atoms with Crippen molar-refractivity contribution >= 4 is 6.21 Å². The molecule has 3 heteroatoms. The van der Waals surface area contributed by atoms with Gasteiger partial charge in [-0.1, -0.05) is 18.9 Å². The lowest BCUT2D eigenvalue weighted by molar-refractivity contribution is 0.642. The van der Waals surface area contributed by atoms with Gasteiger partial charge in [-0.2, -0.15) is 5.11 Å². The topological polar surface area (TPSA) is 37.1 Å². The molecule has 0 saturated carbocycles. The Morgan fingerprint density at radius 3 is 2.92 bits per heavy atom. The number of hydrogen-bond donors (Lipinski definition) is 0. The Morgan fingerprint density at radius 1 is 1.00 bits per heavy atom. The van der Waals surface area contributed by atoms with Crippen LogP contribution in [0.15, 0.2) is 27.6 Å². The van der Waals surface area contributed by atoms with E-state index in [1.165, 1.54) is 19.3 Å². The van der Waals surface area contributed by atoms with Crippen molar-refractivity contribution in [2.75, 3.05) is 6.54 Å². The van der Waals surface area contributed by atoms with E-state index in [0.717, 1.165) is 19.4 Å². The fourth-order valence-corrected chi connectivity index (χ4v) is 1.10. The summed E-state index contributed by atoms with van der Waals surface area (Å²) in [6.45, 7) is 0.820. The van der Waals surface area contributed by atoms with Gasteiger partial charge in [-0.3, -0.25) is 0 Å². The molecule has 0 saturated heterocycles. The van der Waals surface area contributed by atoms with Gasteiger partial charge >= 0.3 is 0 Å². The van der Waals surface area contributed by atoms with Gasteiger partial charge in [-0.25, -0.2) is 0 Å². The van der Waals surface area contributed by atoms with Gasteiger partial charge in [-0.15, -0.1) is 5.10 Å². The lowest BCUT2D eigenvalue weighted by Crippen LogP contribution is -1.82. The highest BCUT2D eigenvalue weighted by atomic mass is 15.4. The van der Waals surface area contributed by atoms with E-state index in [9.17, 15) is 0 Å². The first-order valence-electron chi connectivity index (χ1n) is 4.55. The molecule has 0 atom stereocenters. The van der Waals surface area contributed by atoms with Crippen LogP contribution in [0.5, 0.6) is 0 Å². The minimum Gasteiger partial charge on any atom is -0.169 e. The molecule has 1 aliphatic heterocycles. The number of hydrogen-bond acceptors (Lipinski definition) is 3. The van der Waals surface area contributed by atoms with E-state index in [2.05, 4.69) is 21.5 Å². The van der Waals surface area contributed by atoms with Gasteiger partial charge in [0.25, 0.3) is 0 Å². The van der Waals surface area contributed by atoms with Gasteiger partial charge in [0.1, 0.15) is 0 Å². The molecule has 0 aliphatic carbocycles. The minimum absolute atomic E-state index is 0.820. The van der Waals surface area contributed by atoms with Crippen LogP contribution in [-0.2, 0) is 0 Å². The van der Waals surface area contributed by atoms with Crippen molar-refractivity contribution in [2.45, 2.75) is 32.1 Å². The lowest BCUT2D eigenvalue weighted by Gasteiger charge is -1.96. The largest absolute Gasteiger partial charge is 0.169 e. The first-order valence-corrected chi connectivity index (χ1v) is 4.55. The zero-order chi connectivity index (χ0) is 8.49. The zero-order valence-electron chi connectivity index (χ0n) is 7.32. The molecule has 0 amide bonds. The van der Waals surface area contributed by atoms with E-state index in [0.29, 0.717) is 0 Å². The summed E-state index contributed by atoms with van der Waals surface area (Å²) in [6.07, 6.45) is 11.9. The van der Waals surface area contributed by atoms with Crippen LogP contribution in [-0.4, -0.2) is 12.8 Å². The molecule has 0 fully saturated rings. The van der Waals surface area contributed by atoms with Crippen LogP contribution in [0.1, 0.15) is 32.1 Å². The molecule has 0 aromatic heterocycles. The van der Waals surface area contributed by atoms with E-state index in [1.807, 2.05) is 6.08 Å². The van der Waals surface area contributed by atoms with Crippen molar-refractivity contribution in [2.24, 2.45) is 15.4 Å². The van der Waals surface area contributed by atoms with E-state index in [1.54, 1.807) is 6.21 Å². The van der Waals surface area contributed by atoms with Gasteiger partial charge in [0.15, 0.2) is 0 Å².